The van der Waals surface area contributed by atoms with Crippen LogP contribution in [0.5, 0.6) is 5.75 Å². The highest BCUT2D eigenvalue weighted by atomic mass is 19.1. The third-order valence-corrected chi connectivity index (χ3v) is 5.07. The van der Waals surface area contributed by atoms with Gasteiger partial charge in [-0.2, -0.15) is 4.39 Å². The predicted octanol–water partition coefficient (Wildman–Crippen LogP) is 3.54. The van der Waals surface area contributed by atoms with Crippen molar-refractivity contribution in [2.75, 3.05) is 31.5 Å². The Bertz CT molecular complexity index is 1010. The fraction of sp³-hybridized carbons (Fsp3) is 0.261. The van der Waals surface area contributed by atoms with Crippen LogP contribution >= 0.6 is 0 Å². The Kier molecular flexibility index (Phi) is 6.68. The topological polar surface area (TPSA) is 70.6 Å². The second-order valence-corrected chi connectivity index (χ2v) is 7.36. The highest BCUT2D eigenvalue weighted by Gasteiger charge is 2.21. The van der Waals surface area contributed by atoms with Crippen LogP contribution in [0.2, 0.25) is 0 Å². The SMILES string of the molecule is O=C(Nc1cccnc1)N1CCN(Cc2cccc(OCc3ccnc(F)c3)c2)CC1. The molecule has 1 aliphatic rings. The van der Waals surface area contributed by atoms with Gasteiger partial charge in [0, 0.05) is 45.1 Å². The van der Waals surface area contributed by atoms with Crippen LogP contribution in [-0.4, -0.2) is 52.0 Å². The van der Waals surface area contributed by atoms with Crippen molar-refractivity contribution in [2.24, 2.45) is 0 Å². The number of carbonyl (C=O) groups is 1. The lowest BCUT2D eigenvalue weighted by atomic mass is 10.2. The van der Waals surface area contributed by atoms with E-state index < -0.39 is 5.95 Å². The van der Waals surface area contributed by atoms with Crippen LogP contribution in [0.15, 0.2) is 67.1 Å². The number of benzene rings is 1. The Morgan fingerprint density at radius 1 is 1.03 bits per heavy atom. The molecule has 0 atom stereocenters. The van der Waals surface area contributed by atoms with Gasteiger partial charge in [-0.1, -0.05) is 12.1 Å². The van der Waals surface area contributed by atoms with Crippen molar-refractivity contribution in [1.82, 2.24) is 19.8 Å². The minimum atomic E-state index is -0.511. The molecule has 1 N–H and O–H groups in total. The summed E-state index contributed by atoms with van der Waals surface area (Å²) in [4.78, 5) is 24.1. The van der Waals surface area contributed by atoms with E-state index in [1.165, 1.54) is 12.3 Å². The van der Waals surface area contributed by atoms with Crippen LogP contribution < -0.4 is 10.1 Å². The Balaban J connectivity index is 1.25. The summed E-state index contributed by atoms with van der Waals surface area (Å²) in [6, 6.07) is 14.5. The fourth-order valence-electron chi connectivity index (χ4n) is 3.44. The first kappa shape index (κ1) is 20.7. The zero-order valence-electron chi connectivity index (χ0n) is 17.1. The van der Waals surface area contributed by atoms with E-state index in [9.17, 15) is 9.18 Å². The molecule has 2 amide bonds. The van der Waals surface area contributed by atoms with E-state index in [1.54, 1.807) is 24.5 Å². The van der Waals surface area contributed by atoms with E-state index in [1.807, 2.05) is 29.2 Å². The average molecular weight is 421 g/mol. The molecule has 1 aromatic carbocycles. The number of pyridine rings is 2. The Morgan fingerprint density at radius 3 is 2.68 bits per heavy atom. The van der Waals surface area contributed by atoms with Gasteiger partial charge in [-0.25, -0.2) is 9.78 Å². The number of nitrogens with zero attached hydrogens (tertiary/aromatic N) is 4. The third-order valence-electron chi connectivity index (χ3n) is 5.07. The van der Waals surface area contributed by atoms with Gasteiger partial charge in [0.2, 0.25) is 5.95 Å². The minimum Gasteiger partial charge on any atom is -0.489 e. The second kappa shape index (κ2) is 9.99. The largest absolute Gasteiger partial charge is 0.489 e. The van der Waals surface area contributed by atoms with Gasteiger partial charge >= 0.3 is 6.03 Å². The number of piperazine rings is 1. The van der Waals surface area contributed by atoms with Crippen molar-refractivity contribution in [3.63, 3.8) is 0 Å². The molecule has 7 nitrogen and oxygen atoms in total. The van der Waals surface area contributed by atoms with Crippen molar-refractivity contribution in [3.05, 3.63) is 84.2 Å². The van der Waals surface area contributed by atoms with Crippen LogP contribution in [0.3, 0.4) is 0 Å². The fourth-order valence-corrected chi connectivity index (χ4v) is 3.44. The summed E-state index contributed by atoms with van der Waals surface area (Å²) in [5.41, 5.74) is 2.56. The van der Waals surface area contributed by atoms with Gasteiger partial charge in [0.1, 0.15) is 12.4 Å². The summed E-state index contributed by atoms with van der Waals surface area (Å²) < 4.78 is 19.0. The molecule has 0 bridgehead atoms. The highest BCUT2D eigenvalue weighted by molar-refractivity contribution is 5.89. The van der Waals surface area contributed by atoms with Crippen LogP contribution in [-0.2, 0) is 13.2 Å². The lowest BCUT2D eigenvalue weighted by Crippen LogP contribution is -2.49. The quantitative estimate of drug-likeness (QED) is 0.617. The predicted molar refractivity (Wildman–Crippen MR) is 115 cm³/mol. The van der Waals surface area contributed by atoms with E-state index in [0.29, 0.717) is 18.8 Å². The smallest absolute Gasteiger partial charge is 0.321 e. The second-order valence-electron chi connectivity index (χ2n) is 7.36. The number of ether oxygens (including phenoxy) is 1. The van der Waals surface area contributed by atoms with Crippen molar-refractivity contribution < 1.29 is 13.9 Å². The number of carbonyl (C=O) groups excluding carboxylic acids is 1. The molecule has 0 aliphatic carbocycles. The van der Waals surface area contributed by atoms with Crippen molar-refractivity contribution in [3.8, 4) is 5.75 Å². The van der Waals surface area contributed by atoms with Crippen LogP contribution in [0.4, 0.5) is 14.9 Å². The lowest BCUT2D eigenvalue weighted by Gasteiger charge is -2.34. The Labute approximate surface area is 180 Å². The molecule has 1 fully saturated rings. The zero-order chi connectivity index (χ0) is 21.5. The van der Waals surface area contributed by atoms with Gasteiger partial charge < -0.3 is 15.0 Å². The van der Waals surface area contributed by atoms with E-state index in [2.05, 4.69) is 26.3 Å². The first-order valence-electron chi connectivity index (χ1n) is 10.2. The Hall–Kier alpha value is -3.52. The van der Waals surface area contributed by atoms with Gasteiger partial charge in [0.15, 0.2) is 0 Å². The first-order valence-corrected chi connectivity index (χ1v) is 10.2. The number of rotatable bonds is 6. The molecule has 8 heteroatoms. The molecule has 0 radical (unpaired) electrons. The maximum Gasteiger partial charge on any atom is 0.321 e. The molecule has 31 heavy (non-hydrogen) atoms. The number of aromatic nitrogens is 2. The molecule has 2 aromatic heterocycles. The van der Waals surface area contributed by atoms with Crippen molar-refractivity contribution in [2.45, 2.75) is 13.2 Å². The molecule has 0 spiro atoms. The lowest BCUT2D eigenvalue weighted by molar-refractivity contribution is 0.143. The first-order chi connectivity index (χ1) is 15.2. The van der Waals surface area contributed by atoms with Crippen LogP contribution in [0, 0.1) is 5.95 Å². The molecule has 4 rings (SSSR count). The third kappa shape index (κ3) is 5.99. The highest BCUT2D eigenvalue weighted by Crippen LogP contribution is 2.18. The van der Waals surface area contributed by atoms with Gasteiger partial charge in [0.25, 0.3) is 0 Å². The zero-order valence-corrected chi connectivity index (χ0v) is 17.1. The molecule has 0 unspecified atom stereocenters. The van der Waals surface area contributed by atoms with E-state index >= 15 is 0 Å². The van der Waals surface area contributed by atoms with E-state index in [4.69, 9.17) is 4.74 Å². The molecular weight excluding hydrogens is 397 g/mol. The van der Waals surface area contributed by atoms with Gasteiger partial charge in [-0.3, -0.25) is 9.88 Å². The minimum absolute atomic E-state index is 0.101. The normalized spacial score (nSPS) is 14.3. The van der Waals surface area contributed by atoms with E-state index in [-0.39, 0.29) is 12.6 Å². The summed E-state index contributed by atoms with van der Waals surface area (Å²) in [6.07, 6.45) is 4.74. The molecule has 3 heterocycles. The monoisotopic (exact) mass is 421 g/mol. The summed E-state index contributed by atoms with van der Waals surface area (Å²) in [5.74, 6) is 0.229. The maximum atomic E-state index is 13.2. The van der Waals surface area contributed by atoms with E-state index in [0.717, 1.165) is 36.5 Å². The number of amides is 2. The number of halogens is 1. The molecule has 3 aromatic rings. The van der Waals surface area contributed by atoms with Crippen molar-refractivity contribution in [1.29, 1.82) is 0 Å². The van der Waals surface area contributed by atoms with Crippen LogP contribution in [0.25, 0.3) is 0 Å². The number of anilines is 1. The number of hydrogen-bond donors (Lipinski definition) is 1. The average Bonchev–Trinajstić information content (AvgIpc) is 2.79. The molecule has 0 saturated carbocycles. The molecule has 1 saturated heterocycles. The number of hydrogen-bond acceptors (Lipinski definition) is 5. The van der Waals surface area contributed by atoms with Gasteiger partial charge in [-0.15, -0.1) is 0 Å². The standard InChI is InChI=1S/C23H24FN5O2/c24-22-14-19(6-8-26-22)17-31-21-5-1-3-18(13-21)16-28-9-11-29(12-10-28)23(30)27-20-4-2-7-25-15-20/h1-8,13-15H,9-12,16-17H2,(H,27,30). The number of urea groups is 1. The summed E-state index contributed by atoms with van der Waals surface area (Å²) in [6.45, 7) is 3.97. The Morgan fingerprint density at radius 2 is 1.90 bits per heavy atom. The van der Waals surface area contributed by atoms with Gasteiger partial charge in [0.05, 0.1) is 11.9 Å². The maximum absolute atomic E-state index is 13.2. The summed E-state index contributed by atoms with van der Waals surface area (Å²) >= 11 is 0. The molecular formula is C23H24FN5O2. The molecule has 160 valence electrons. The van der Waals surface area contributed by atoms with Crippen molar-refractivity contribution >= 4 is 11.7 Å². The summed E-state index contributed by atoms with van der Waals surface area (Å²) in [7, 11) is 0. The number of nitrogens with one attached hydrogen (secondary N) is 1. The van der Waals surface area contributed by atoms with Gasteiger partial charge in [-0.05, 0) is 47.5 Å². The van der Waals surface area contributed by atoms with Crippen LogP contribution in [0.1, 0.15) is 11.1 Å². The molecule has 1 aliphatic heterocycles. The summed E-state index contributed by atoms with van der Waals surface area (Å²) in [5, 5.41) is 2.88.